The van der Waals surface area contributed by atoms with Gasteiger partial charge in [0.1, 0.15) is 11.9 Å². The molecule has 1 aromatic carbocycles. The third-order valence-electron chi connectivity index (χ3n) is 2.85. The van der Waals surface area contributed by atoms with Crippen LogP contribution in [-0.2, 0) is 11.2 Å². The third kappa shape index (κ3) is 3.33. The van der Waals surface area contributed by atoms with Crippen LogP contribution in [0.15, 0.2) is 51.9 Å². The van der Waals surface area contributed by atoms with Crippen LogP contribution in [0.25, 0.3) is 0 Å². The summed E-state index contributed by atoms with van der Waals surface area (Å²) in [6.07, 6.45) is 1.44. The number of carboxylic acid groups (broad SMARTS) is 1. The summed E-state index contributed by atoms with van der Waals surface area (Å²) in [7, 11) is 0. The van der Waals surface area contributed by atoms with Gasteiger partial charge < -0.3 is 9.67 Å². The van der Waals surface area contributed by atoms with E-state index in [1.165, 1.54) is 30.5 Å². The van der Waals surface area contributed by atoms with Crippen LogP contribution in [0.1, 0.15) is 11.6 Å². The Morgan fingerprint density at radius 1 is 1.35 bits per heavy atom. The minimum atomic E-state index is -1.14. The molecule has 104 valence electrons. The summed E-state index contributed by atoms with van der Waals surface area (Å²) in [6, 6.07) is 7.49. The van der Waals surface area contributed by atoms with Gasteiger partial charge in [0.05, 0.1) is 0 Å². The smallest absolute Gasteiger partial charge is 0.327 e. The highest BCUT2D eigenvalue weighted by Gasteiger charge is 2.21. The van der Waals surface area contributed by atoms with Crippen molar-refractivity contribution >= 4 is 21.9 Å². The van der Waals surface area contributed by atoms with Crippen molar-refractivity contribution in [1.29, 1.82) is 0 Å². The lowest BCUT2D eigenvalue weighted by Gasteiger charge is -2.15. The monoisotopic (exact) mass is 339 g/mol. The highest BCUT2D eigenvalue weighted by molar-refractivity contribution is 9.10. The predicted octanol–water partition coefficient (Wildman–Crippen LogP) is 2.62. The van der Waals surface area contributed by atoms with Crippen LogP contribution in [0.2, 0.25) is 0 Å². The maximum Gasteiger partial charge on any atom is 0.327 e. The first-order chi connectivity index (χ1) is 9.47. The van der Waals surface area contributed by atoms with E-state index in [0.29, 0.717) is 10.0 Å². The fourth-order valence-electron chi connectivity index (χ4n) is 1.91. The molecule has 0 aliphatic rings. The standard InChI is InChI=1S/C14H11BrFNO3/c15-10-4-5-17(13(18)8-10)12(14(19)20)7-9-2-1-3-11(16)6-9/h1-6,8,12H,7H2,(H,19,20). The van der Waals surface area contributed by atoms with Crippen LogP contribution in [0, 0.1) is 5.82 Å². The number of aliphatic carboxylic acids is 1. The van der Waals surface area contributed by atoms with Gasteiger partial charge >= 0.3 is 5.97 Å². The first kappa shape index (κ1) is 14.5. The second-order valence-corrected chi connectivity index (χ2v) is 5.19. The summed E-state index contributed by atoms with van der Waals surface area (Å²) in [4.78, 5) is 23.2. The molecule has 20 heavy (non-hydrogen) atoms. The molecule has 1 aromatic heterocycles. The van der Waals surface area contributed by atoms with Crippen molar-refractivity contribution in [2.45, 2.75) is 12.5 Å². The van der Waals surface area contributed by atoms with Crippen molar-refractivity contribution in [3.8, 4) is 0 Å². The lowest BCUT2D eigenvalue weighted by Crippen LogP contribution is -2.30. The maximum absolute atomic E-state index is 13.1. The molecule has 0 aliphatic heterocycles. The van der Waals surface area contributed by atoms with Gasteiger partial charge in [-0.05, 0) is 23.8 Å². The first-order valence-electron chi connectivity index (χ1n) is 5.82. The minimum Gasteiger partial charge on any atom is -0.480 e. The number of aromatic nitrogens is 1. The lowest BCUT2D eigenvalue weighted by atomic mass is 10.1. The van der Waals surface area contributed by atoms with Crippen molar-refractivity contribution in [1.82, 2.24) is 4.57 Å². The number of benzene rings is 1. The average Bonchev–Trinajstić information content (AvgIpc) is 2.36. The van der Waals surface area contributed by atoms with Crippen LogP contribution in [0.3, 0.4) is 0 Å². The van der Waals surface area contributed by atoms with Gasteiger partial charge in [-0.1, -0.05) is 28.1 Å². The highest BCUT2D eigenvalue weighted by Crippen LogP contribution is 2.15. The Bertz CT molecular complexity index is 699. The van der Waals surface area contributed by atoms with Crippen molar-refractivity contribution in [3.63, 3.8) is 0 Å². The summed E-state index contributed by atoms with van der Waals surface area (Å²) in [5.41, 5.74) is 0.0930. The van der Waals surface area contributed by atoms with Gasteiger partial charge in [-0.3, -0.25) is 4.79 Å². The zero-order valence-corrected chi connectivity index (χ0v) is 11.9. The molecule has 2 rings (SSSR count). The summed E-state index contributed by atoms with van der Waals surface area (Å²) in [5.74, 6) is -1.58. The highest BCUT2D eigenvalue weighted by atomic mass is 79.9. The number of carbonyl (C=O) groups is 1. The molecule has 0 saturated carbocycles. The van der Waals surface area contributed by atoms with E-state index in [2.05, 4.69) is 15.9 Å². The molecule has 1 N–H and O–H groups in total. The van der Waals surface area contributed by atoms with Gasteiger partial charge in [0.15, 0.2) is 0 Å². The van der Waals surface area contributed by atoms with Gasteiger partial charge in [0, 0.05) is 23.2 Å². The molecule has 1 unspecified atom stereocenters. The second kappa shape index (κ2) is 6.00. The Labute approximate surface area is 122 Å². The van der Waals surface area contributed by atoms with Crippen molar-refractivity contribution in [2.75, 3.05) is 0 Å². The molecule has 0 saturated heterocycles. The van der Waals surface area contributed by atoms with Crippen LogP contribution < -0.4 is 5.56 Å². The zero-order valence-electron chi connectivity index (χ0n) is 10.3. The van der Waals surface area contributed by atoms with E-state index >= 15 is 0 Å². The van der Waals surface area contributed by atoms with Crippen LogP contribution in [-0.4, -0.2) is 15.6 Å². The molecule has 0 fully saturated rings. The minimum absolute atomic E-state index is 0.0363. The van der Waals surface area contributed by atoms with Gasteiger partial charge in [-0.2, -0.15) is 0 Å². The van der Waals surface area contributed by atoms with Gasteiger partial charge in [0.25, 0.3) is 5.56 Å². The van der Waals surface area contributed by atoms with E-state index < -0.39 is 23.4 Å². The third-order valence-corrected chi connectivity index (χ3v) is 3.34. The quantitative estimate of drug-likeness (QED) is 0.931. The molecule has 6 heteroatoms. The number of carboxylic acids is 1. The Morgan fingerprint density at radius 3 is 2.70 bits per heavy atom. The molecule has 0 amide bonds. The summed E-state index contributed by atoms with van der Waals surface area (Å²) in [6.45, 7) is 0. The Morgan fingerprint density at radius 2 is 2.10 bits per heavy atom. The normalized spacial score (nSPS) is 12.1. The molecule has 0 spiro atoms. The molecular formula is C14H11BrFNO3. The second-order valence-electron chi connectivity index (χ2n) is 4.28. The molecule has 2 aromatic rings. The first-order valence-corrected chi connectivity index (χ1v) is 6.61. The Kier molecular flexibility index (Phi) is 4.34. The molecule has 0 radical (unpaired) electrons. The molecular weight excluding hydrogens is 329 g/mol. The SMILES string of the molecule is O=C(O)C(Cc1cccc(F)c1)n1ccc(Br)cc1=O. The van der Waals surface area contributed by atoms with E-state index in [4.69, 9.17) is 0 Å². The summed E-state index contributed by atoms with van der Waals surface area (Å²) in [5, 5.41) is 9.29. The fraction of sp³-hybridized carbons (Fsp3) is 0.143. The Balaban J connectivity index is 2.37. The van der Waals surface area contributed by atoms with E-state index in [-0.39, 0.29) is 6.42 Å². The number of hydrogen-bond acceptors (Lipinski definition) is 2. The number of rotatable bonds is 4. The maximum atomic E-state index is 13.1. The van der Waals surface area contributed by atoms with Crippen molar-refractivity contribution in [2.24, 2.45) is 0 Å². The van der Waals surface area contributed by atoms with Crippen molar-refractivity contribution in [3.05, 3.63) is 68.8 Å². The fourth-order valence-corrected chi connectivity index (χ4v) is 2.23. The average molecular weight is 340 g/mol. The predicted molar refractivity (Wildman–Crippen MR) is 75.2 cm³/mol. The topological polar surface area (TPSA) is 59.3 Å². The van der Waals surface area contributed by atoms with E-state index in [0.717, 1.165) is 4.57 Å². The number of halogens is 2. The van der Waals surface area contributed by atoms with E-state index in [9.17, 15) is 19.1 Å². The Hall–Kier alpha value is -1.95. The number of hydrogen-bond donors (Lipinski definition) is 1. The number of nitrogens with zero attached hydrogens (tertiary/aromatic N) is 1. The van der Waals surface area contributed by atoms with Gasteiger partial charge in [-0.15, -0.1) is 0 Å². The van der Waals surface area contributed by atoms with Crippen molar-refractivity contribution < 1.29 is 14.3 Å². The molecule has 0 aliphatic carbocycles. The summed E-state index contributed by atoms with van der Waals surface area (Å²) < 4.78 is 14.8. The molecule has 4 nitrogen and oxygen atoms in total. The molecule has 1 heterocycles. The molecule has 0 bridgehead atoms. The van der Waals surface area contributed by atoms with Crippen LogP contribution in [0.4, 0.5) is 4.39 Å². The lowest BCUT2D eigenvalue weighted by molar-refractivity contribution is -0.141. The van der Waals surface area contributed by atoms with Crippen LogP contribution in [0.5, 0.6) is 0 Å². The molecule has 1 atom stereocenters. The summed E-state index contributed by atoms with van der Waals surface area (Å²) >= 11 is 3.15. The van der Waals surface area contributed by atoms with E-state index in [1.807, 2.05) is 0 Å². The largest absolute Gasteiger partial charge is 0.480 e. The number of pyridine rings is 1. The van der Waals surface area contributed by atoms with Gasteiger partial charge in [-0.25, -0.2) is 9.18 Å². The van der Waals surface area contributed by atoms with Gasteiger partial charge in [0.2, 0.25) is 0 Å². The van der Waals surface area contributed by atoms with Crippen LogP contribution >= 0.6 is 15.9 Å². The van der Waals surface area contributed by atoms with E-state index in [1.54, 1.807) is 12.1 Å². The zero-order chi connectivity index (χ0) is 14.7.